The van der Waals surface area contributed by atoms with Crippen molar-refractivity contribution in [3.63, 3.8) is 0 Å². The van der Waals surface area contributed by atoms with Gasteiger partial charge in [0.1, 0.15) is 0 Å². The van der Waals surface area contributed by atoms with Crippen LogP contribution in [0.15, 0.2) is 53.0 Å². The maximum absolute atomic E-state index is 12.2. The molecule has 2 nitrogen and oxygen atoms in total. The quantitative estimate of drug-likeness (QED) is 0.631. The van der Waals surface area contributed by atoms with Gasteiger partial charge in [-0.25, -0.2) is 0 Å². The van der Waals surface area contributed by atoms with Crippen LogP contribution >= 0.6 is 38.9 Å². The van der Waals surface area contributed by atoms with Crippen molar-refractivity contribution in [1.82, 2.24) is 0 Å². The fourth-order valence-electron chi connectivity index (χ4n) is 1.87. The molecule has 0 radical (unpaired) electrons. The summed E-state index contributed by atoms with van der Waals surface area (Å²) in [6.07, 6.45) is 0. The highest BCUT2D eigenvalue weighted by Gasteiger charge is 2.12. The minimum atomic E-state index is -0.143. The fourth-order valence-corrected chi connectivity index (χ4v) is 3.55. The number of halogens is 2. The molecule has 1 N–H and O–H groups in total. The van der Waals surface area contributed by atoms with E-state index in [0.29, 0.717) is 15.6 Å². The van der Waals surface area contributed by atoms with Gasteiger partial charge < -0.3 is 5.32 Å². The largest absolute Gasteiger partial charge is 0.320 e. The minimum Gasteiger partial charge on any atom is -0.320 e. The molecular weight excluding hydrogens is 358 g/mol. The number of thiophene rings is 1. The van der Waals surface area contributed by atoms with Crippen LogP contribution in [0.1, 0.15) is 9.67 Å². The number of anilines is 1. The Morgan fingerprint density at radius 3 is 2.70 bits per heavy atom. The van der Waals surface area contributed by atoms with Crippen molar-refractivity contribution < 1.29 is 4.79 Å². The van der Waals surface area contributed by atoms with E-state index in [1.54, 1.807) is 12.1 Å². The number of amides is 1. The van der Waals surface area contributed by atoms with Crippen molar-refractivity contribution in [1.29, 1.82) is 0 Å². The van der Waals surface area contributed by atoms with Gasteiger partial charge in [0.15, 0.2) is 0 Å². The second-order valence-electron chi connectivity index (χ2n) is 4.23. The number of hydrogen-bond acceptors (Lipinski definition) is 2. The number of hydrogen-bond donors (Lipinski definition) is 1. The minimum absolute atomic E-state index is 0.143. The Morgan fingerprint density at radius 2 is 1.95 bits per heavy atom. The molecule has 3 rings (SSSR count). The molecule has 20 heavy (non-hydrogen) atoms. The summed E-state index contributed by atoms with van der Waals surface area (Å²) in [6, 6.07) is 15.2. The van der Waals surface area contributed by atoms with E-state index in [0.717, 1.165) is 14.6 Å². The Kier molecular flexibility index (Phi) is 3.78. The molecule has 0 bridgehead atoms. The first kappa shape index (κ1) is 13.6. The van der Waals surface area contributed by atoms with E-state index >= 15 is 0 Å². The lowest BCUT2D eigenvalue weighted by atomic mass is 10.2. The molecule has 1 aromatic heterocycles. The Balaban J connectivity index is 1.89. The van der Waals surface area contributed by atoms with Crippen molar-refractivity contribution in [2.45, 2.75) is 0 Å². The van der Waals surface area contributed by atoms with Crippen molar-refractivity contribution in [3.8, 4) is 0 Å². The molecule has 0 saturated heterocycles. The Morgan fingerprint density at radius 1 is 1.15 bits per heavy atom. The molecule has 0 aliphatic carbocycles. The molecule has 100 valence electrons. The highest BCUT2D eigenvalue weighted by molar-refractivity contribution is 9.10. The van der Waals surface area contributed by atoms with Gasteiger partial charge in [-0.05, 0) is 35.7 Å². The van der Waals surface area contributed by atoms with E-state index in [9.17, 15) is 4.79 Å². The number of fused-ring (bicyclic) bond motifs is 1. The molecule has 0 saturated carbocycles. The summed E-state index contributed by atoms with van der Waals surface area (Å²) < 4.78 is 1.97. The van der Waals surface area contributed by atoms with Crippen molar-refractivity contribution >= 4 is 60.5 Å². The summed E-state index contributed by atoms with van der Waals surface area (Å²) in [6.45, 7) is 0. The van der Waals surface area contributed by atoms with Crippen molar-refractivity contribution in [3.05, 3.63) is 62.9 Å². The first-order chi connectivity index (χ1) is 9.63. The predicted octanol–water partition coefficient (Wildman–Crippen LogP) is 5.57. The molecule has 0 fully saturated rings. The summed E-state index contributed by atoms with van der Waals surface area (Å²) in [4.78, 5) is 12.9. The third-order valence-corrected chi connectivity index (χ3v) is 4.75. The SMILES string of the molecule is O=C(Nc1ccc(Br)cc1Cl)c1cc2ccccc2s1. The summed E-state index contributed by atoms with van der Waals surface area (Å²) in [5, 5.41) is 4.42. The zero-order valence-corrected chi connectivity index (χ0v) is 13.3. The first-order valence-electron chi connectivity index (χ1n) is 5.88. The molecule has 0 atom stereocenters. The van der Waals surface area contributed by atoms with E-state index in [1.165, 1.54) is 11.3 Å². The molecule has 1 amide bonds. The van der Waals surface area contributed by atoms with Gasteiger partial charge in [-0.2, -0.15) is 0 Å². The van der Waals surface area contributed by atoms with Crippen molar-refractivity contribution in [2.75, 3.05) is 5.32 Å². The van der Waals surface area contributed by atoms with Gasteiger partial charge in [0, 0.05) is 9.17 Å². The number of benzene rings is 2. The third kappa shape index (κ3) is 2.73. The second-order valence-corrected chi connectivity index (χ2v) is 6.63. The fraction of sp³-hybridized carbons (Fsp3) is 0. The van der Waals surface area contributed by atoms with Gasteiger partial charge in [0.25, 0.3) is 5.91 Å². The summed E-state index contributed by atoms with van der Waals surface area (Å²) in [5.74, 6) is -0.143. The van der Waals surface area contributed by atoms with Crippen LogP contribution in [0, 0.1) is 0 Å². The maximum atomic E-state index is 12.2. The number of rotatable bonds is 2. The van der Waals surface area contributed by atoms with Gasteiger partial charge >= 0.3 is 0 Å². The van der Waals surface area contributed by atoms with Crippen molar-refractivity contribution in [2.24, 2.45) is 0 Å². The maximum Gasteiger partial charge on any atom is 0.265 e. The lowest BCUT2D eigenvalue weighted by molar-refractivity contribution is 0.103. The van der Waals surface area contributed by atoms with Crippen LogP contribution in [0.4, 0.5) is 5.69 Å². The van der Waals surface area contributed by atoms with Crippen LogP contribution in [0.2, 0.25) is 5.02 Å². The van der Waals surface area contributed by atoms with Crippen LogP contribution < -0.4 is 5.32 Å². The summed E-state index contributed by atoms with van der Waals surface area (Å²) >= 11 is 10.9. The molecule has 0 spiro atoms. The molecule has 0 aliphatic rings. The Labute approximate surface area is 133 Å². The topological polar surface area (TPSA) is 29.1 Å². The van der Waals surface area contributed by atoms with Gasteiger partial charge in [-0.3, -0.25) is 4.79 Å². The van der Waals surface area contributed by atoms with Crippen LogP contribution in [0.25, 0.3) is 10.1 Å². The number of carbonyl (C=O) groups is 1. The molecule has 0 aliphatic heterocycles. The third-order valence-electron chi connectivity index (χ3n) is 2.83. The van der Waals surface area contributed by atoms with Crippen LogP contribution in [0.5, 0.6) is 0 Å². The van der Waals surface area contributed by atoms with E-state index in [1.807, 2.05) is 36.4 Å². The van der Waals surface area contributed by atoms with Crippen LogP contribution in [-0.4, -0.2) is 5.91 Å². The van der Waals surface area contributed by atoms with Crippen LogP contribution in [0.3, 0.4) is 0 Å². The average Bonchev–Trinajstić information content (AvgIpc) is 2.86. The number of carbonyl (C=O) groups excluding carboxylic acids is 1. The monoisotopic (exact) mass is 365 g/mol. The standard InChI is InChI=1S/C15H9BrClNOS/c16-10-5-6-12(11(17)8-10)18-15(19)14-7-9-3-1-2-4-13(9)20-14/h1-8H,(H,18,19). The van der Waals surface area contributed by atoms with E-state index in [2.05, 4.69) is 21.2 Å². The Hall–Kier alpha value is -1.36. The normalized spacial score (nSPS) is 10.7. The molecular formula is C15H9BrClNOS. The molecule has 1 heterocycles. The second kappa shape index (κ2) is 5.56. The number of nitrogens with one attached hydrogen (secondary N) is 1. The van der Waals surface area contributed by atoms with Gasteiger partial charge in [0.2, 0.25) is 0 Å². The lowest BCUT2D eigenvalue weighted by Gasteiger charge is -2.06. The molecule has 5 heteroatoms. The molecule has 3 aromatic rings. The van der Waals surface area contributed by atoms with Gasteiger partial charge in [0.05, 0.1) is 15.6 Å². The highest BCUT2D eigenvalue weighted by Crippen LogP contribution is 2.29. The lowest BCUT2D eigenvalue weighted by Crippen LogP contribution is -2.10. The average molecular weight is 367 g/mol. The van der Waals surface area contributed by atoms with Gasteiger partial charge in [-0.15, -0.1) is 11.3 Å². The first-order valence-corrected chi connectivity index (χ1v) is 7.87. The Bertz CT molecular complexity index is 766. The van der Waals surface area contributed by atoms with Crippen LogP contribution in [-0.2, 0) is 0 Å². The van der Waals surface area contributed by atoms with Gasteiger partial charge in [-0.1, -0.05) is 45.7 Å². The zero-order chi connectivity index (χ0) is 14.1. The highest BCUT2D eigenvalue weighted by atomic mass is 79.9. The predicted molar refractivity (Wildman–Crippen MR) is 88.9 cm³/mol. The smallest absolute Gasteiger partial charge is 0.265 e. The van der Waals surface area contributed by atoms with E-state index in [-0.39, 0.29) is 5.91 Å². The summed E-state index contributed by atoms with van der Waals surface area (Å²) in [5.41, 5.74) is 0.609. The van der Waals surface area contributed by atoms with E-state index < -0.39 is 0 Å². The summed E-state index contributed by atoms with van der Waals surface area (Å²) in [7, 11) is 0. The molecule has 2 aromatic carbocycles. The molecule has 0 unspecified atom stereocenters. The van der Waals surface area contributed by atoms with E-state index in [4.69, 9.17) is 11.6 Å². The zero-order valence-electron chi connectivity index (χ0n) is 10.2.